The number of hydrogen-bond acceptors (Lipinski definition) is 11. The number of nitrogens with zero attached hydrogens (tertiary/aromatic N) is 4. The largest absolute Gasteiger partial charge is 0.497 e. The first-order chi connectivity index (χ1) is 20.9. The number of amides is 3. The Bertz CT molecular complexity index is 1580. The van der Waals surface area contributed by atoms with Gasteiger partial charge in [-0.05, 0) is 17.7 Å². The maximum absolute atomic E-state index is 13.5. The summed E-state index contributed by atoms with van der Waals surface area (Å²) in [4.78, 5) is 61.3. The fourth-order valence-electron chi connectivity index (χ4n) is 4.50. The van der Waals surface area contributed by atoms with Gasteiger partial charge < -0.3 is 24.9 Å². The normalized spacial score (nSPS) is 17.9. The molecule has 0 saturated carbocycles. The smallest absolute Gasteiger partial charge is 0.355 e. The lowest BCUT2D eigenvalue weighted by molar-refractivity contribution is -0.689. The van der Waals surface area contributed by atoms with Crippen LogP contribution < -0.4 is 19.9 Å². The lowest BCUT2D eigenvalue weighted by Crippen LogP contribution is -2.71. The van der Waals surface area contributed by atoms with Gasteiger partial charge in [0.2, 0.25) is 6.41 Å². The molecule has 222 valence electrons. The molecule has 1 unspecified atom stereocenters. The number of pyridine rings is 1. The van der Waals surface area contributed by atoms with Crippen LogP contribution in [-0.2, 0) is 41.9 Å². The van der Waals surface area contributed by atoms with Crippen molar-refractivity contribution in [1.82, 2.24) is 15.2 Å². The van der Waals surface area contributed by atoms with Crippen LogP contribution in [0.3, 0.4) is 0 Å². The van der Waals surface area contributed by atoms with E-state index < -0.39 is 29.2 Å². The van der Waals surface area contributed by atoms with Gasteiger partial charge in [0.1, 0.15) is 42.3 Å². The standard InChI is InChI=1S/C28H26N6O7S2/c1-39-19-8-6-17(7-9-19)13-41-27(38)23-18(12-33-10-4-3-5-11-33)14-42-26-22(25(37)34(23)26)31-24(36)21(32-40-2)20-15-43-28(30-20)29-16-35/h3-11,15-16,22,26H,12-14H2,1-2H3,(H-,29,30,31,35,36)/p+1/b32-21-/t22?,26-/m1/s1. The molecule has 5 rings (SSSR count). The second-order valence-corrected chi connectivity index (χ2v) is 11.2. The SMILES string of the molecule is CO/N=C(\C(=O)NC1C(=O)N2C(C(=O)OCc3ccc(OC)cc3)=C(C[n+]3ccccc3)CS[C@H]12)c1csc(NC=O)n1. The number of thiazole rings is 1. The number of fused-ring (bicyclic) bond motifs is 1. The van der Waals surface area contributed by atoms with Crippen LogP contribution >= 0.6 is 23.1 Å². The number of benzene rings is 1. The van der Waals surface area contributed by atoms with Gasteiger partial charge in [-0.3, -0.25) is 19.3 Å². The second kappa shape index (κ2) is 13.5. The van der Waals surface area contributed by atoms with Crippen molar-refractivity contribution < 1.29 is 38.1 Å². The molecule has 15 heteroatoms. The van der Waals surface area contributed by atoms with Gasteiger partial charge in [-0.1, -0.05) is 23.4 Å². The summed E-state index contributed by atoms with van der Waals surface area (Å²) in [6, 6.07) is 11.8. The highest BCUT2D eigenvalue weighted by Gasteiger charge is 2.55. The fourth-order valence-corrected chi connectivity index (χ4v) is 6.49. The van der Waals surface area contributed by atoms with E-state index in [0.717, 1.165) is 22.5 Å². The maximum Gasteiger partial charge on any atom is 0.355 e. The number of anilines is 1. The summed E-state index contributed by atoms with van der Waals surface area (Å²) in [5.74, 6) is -0.679. The van der Waals surface area contributed by atoms with Crippen LogP contribution in [0.5, 0.6) is 5.75 Å². The van der Waals surface area contributed by atoms with Crippen molar-refractivity contribution in [2.45, 2.75) is 24.6 Å². The molecule has 43 heavy (non-hydrogen) atoms. The monoisotopic (exact) mass is 623 g/mol. The minimum atomic E-state index is -0.930. The van der Waals surface area contributed by atoms with E-state index >= 15 is 0 Å². The molecular weight excluding hydrogens is 596 g/mol. The second-order valence-electron chi connectivity index (χ2n) is 9.21. The Morgan fingerprint density at radius 2 is 1.95 bits per heavy atom. The quantitative estimate of drug-likeness (QED) is 0.0763. The Labute approximate surface area is 254 Å². The number of oxime groups is 1. The number of nitrogens with one attached hydrogen (secondary N) is 2. The first-order valence-electron chi connectivity index (χ1n) is 12.9. The Kier molecular flexibility index (Phi) is 9.32. The van der Waals surface area contributed by atoms with Gasteiger partial charge in [0.05, 0.1) is 7.11 Å². The lowest BCUT2D eigenvalue weighted by atomic mass is 10.0. The Hall–Kier alpha value is -4.76. The molecule has 4 heterocycles. The van der Waals surface area contributed by atoms with Crippen LogP contribution in [0.2, 0.25) is 0 Å². The number of rotatable bonds is 12. The number of ether oxygens (including phenoxy) is 2. The van der Waals surface area contributed by atoms with Crippen molar-refractivity contribution in [3.8, 4) is 5.75 Å². The minimum absolute atomic E-state index is 0.00350. The number of carbonyl (C=O) groups excluding carboxylic acids is 4. The molecule has 3 aromatic rings. The van der Waals surface area contributed by atoms with E-state index in [1.165, 1.54) is 29.2 Å². The maximum atomic E-state index is 13.5. The van der Waals surface area contributed by atoms with Gasteiger partial charge in [0.15, 0.2) is 29.8 Å². The zero-order valence-corrected chi connectivity index (χ0v) is 24.7. The molecule has 0 radical (unpaired) electrons. The molecule has 0 aliphatic carbocycles. The van der Waals surface area contributed by atoms with Crippen LogP contribution in [-0.4, -0.2) is 71.2 Å². The topological polar surface area (TPSA) is 152 Å². The molecule has 2 aliphatic rings. The Balaban J connectivity index is 1.35. The van der Waals surface area contributed by atoms with E-state index in [-0.39, 0.29) is 28.8 Å². The molecule has 2 atom stereocenters. The zero-order chi connectivity index (χ0) is 30.3. The number of thioether (sulfide) groups is 1. The van der Waals surface area contributed by atoms with Gasteiger partial charge in [-0.25, -0.2) is 14.3 Å². The van der Waals surface area contributed by atoms with E-state index in [1.54, 1.807) is 31.4 Å². The van der Waals surface area contributed by atoms with Crippen molar-refractivity contribution in [1.29, 1.82) is 0 Å². The molecule has 1 aromatic carbocycles. The summed E-state index contributed by atoms with van der Waals surface area (Å²) in [6.07, 6.45) is 4.21. The molecule has 13 nitrogen and oxygen atoms in total. The van der Waals surface area contributed by atoms with Crippen molar-refractivity contribution >= 4 is 58.1 Å². The fraction of sp³-hybridized carbons (Fsp3) is 0.250. The van der Waals surface area contributed by atoms with Gasteiger partial charge in [0, 0.05) is 28.8 Å². The Morgan fingerprint density at radius 1 is 1.19 bits per heavy atom. The highest BCUT2D eigenvalue weighted by molar-refractivity contribution is 8.00. The van der Waals surface area contributed by atoms with Crippen LogP contribution in [0.25, 0.3) is 0 Å². The van der Waals surface area contributed by atoms with Gasteiger partial charge >= 0.3 is 5.97 Å². The van der Waals surface area contributed by atoms with E-state index in [4.69, 9.17) is 14.3 Å². The van der Waals surface area contributed by atoms with Crippen LogP contribution in [0.4, 0.5) is 5.13 Å². The minimum Gasteiger partial charge on any atom is -0.497 e. The first-order valence-corrected chi connectivity index (χ1v) is 14.8. The third-order valence-corrected chi connectivity index (χ3v) is 8.65. The molecule has 2 aliphatic heterocycles. The highest BCUT2D eigenvalue weighted by Crippen LogP contribution is 2.41. The van der Waals surface area contributed by atoms with Gasteiger partial charge in [-0.15, -0.1) is 23.1 Å². The van der Waals surface area contributed by atoms with Crippen molar-refractivity contribution in [2.24, 2.45) is 5.16 Å². The number of esters is 1. The van der Waals surface area contributed by atoms with E-state index in [2.05, 4.69) is 20.8 Å². The molecule has 1 saturated heterocycles. The summed E-state index contributed by atoms with van der Waals surface area (Å²) < 4.78 is 12.8. The van der Waals surface area contributed by atoms with Gasteiger partial charge in [0.25, 0.3) is 11.8 Å². The number of carbonyl (C=O) groups is 4. The molecule has 3 amide bonds. The lowest BCUT2D eigenvalue weighted by Gasteiger charge is -2.49. The summed E-state index contributed by atoms with van der Waals surface area (Å²) in [7, 11) is 2.84. The summed E-state index contributed by atoms with van der Waals surface area (Å²) in [5, 5.41) is 10.1. The van der Waals surface area contributed by atoms with Gasteiger partial charge in [-0.2, -0.15) is 0 Å². The average molecular weight is 624 g/mol. The molecule has 0 spiro atoms. The predicted octanol–water partition coefficient (Wildman–Crippen LogP) is 1.46. The summed E-state index contributed by atoms with van der Waals surface area (Å²) in [5.41, 5.74) is 1.64. The molecule has 2 aromatic heterocycles. The third-order valence-electron chi connectivity index (χ3n) is 6.53. The molecular formula is C28H27N6O7S2+. The summed E-state index contributed by atoms with van der Waals surface area (Å²) >= 11 is 2.53. The highest BCUT2D eigenvalue weighted by atomic mass is 32.2. The Morgan fingerprint density at radius 3 is 2.65 bits per heavy atom. The number of methoxy groups -OCH3 is 1. The number of β-lactam (4-membered cyclic amide) rings is 1. The third kappa shape index (κ3) is 6.52. The van der Waals surface area contributed by atoms with E-state index in [9.17, 15) is 19.2 Å². The number of hydrogen-bond donors (Lipinski definition) is 2. The van der Waals surface area contributed by atoms with Crippen molar-refractivity contribution in [3.63, 3.8) is 0 Å². The summed E-state index contributed by atoms with van der Waals surface area (Å²) in [6.45, 7) is 0.378. The molecule has 0 bridgehead atoms. The predicted molar refractivity (Wildman–Crippen MR) is 157 cm³/mol. The zero-order valence-electron chi connectivity index (χ0n) is 23.1. The van der Waals surface area contributed by atoms with Crippen LogP contribution in [0.1, 0.15) is 11.3 Å². The van der Waals surface area contributed by atoms with Crippen molar-refractivity contribution in [3.05, 3.63) is 82.8 Å². The van der Waals surface area contributed by atoms with E-state index in [0.29, 0.717) is 24.5 Å². The van der Waals surface area contributed by atoms with Crippen LogP contribution in [0.15, 0.2) is 76.7 Å². The molecule has 1 fully saturated rings. The molecule has 2 N–H and O–H groups in total. The first kappa shape index (κ1) is 29.7. The average Bonchev–Trinajstić information content (AvgIpc) is 3.50. The van der Waals surface area contributed by atoms with Crippen LogP contribution in [0, 0.1) is 0 Å². The van der Waals surface area contributed by atoms with Crippen molar-refractivity contribution in [2.75, 3.05) is 25.3 Å². The van der Waals surface area contributed by atoms with E-state index in [1.807, 2.05) is 35.2 Å². The number of aromatic nitrogens is 2.